The first-order valence-electron chi connectivity index (χ1n) is 13.9. The second-order valence-electron chi connectivity index (χ2n) is 9.82. The third kappa shape index (κ3) is 6.98. The van der Waals surface area contributed by atoms with Crippen LogP contribution in [0, 0.1) is 0 Å². The lowest BCUT2D eigenvalue weighted by Gasteiger charge is -2.27. The van der Waals surface area contributed by atoms with Crippen LogP contribution in [0.25, 0.3) is 0 Å². The van der Waals surface area contributed by atoms with Gasteiger partial charge in [-0.3, -0.25) is 9.59 Å². The molecule has 0 unspecified atom stereocenters. The fourth-order valence-electron chi connectivity index (χ4n) is 5.08. The molecule has 5 heteroatoms. The first-order valence-corrected chi connectivity index (χ1v) is 15.8. The summed E-state index contributed by atoms with van der Waals surface area (Å²) in [4.78, 5) is 25.1. The van der Waals surface area contributed by atoms with E-state index < -0.39 is 7.26 Å². The van der Waals surface area contributed by atoms with Crippen LogP contribution in [-0.2, 0) is 4.79 Å². The van der Waals surface area contributed by atoms with Crippen LogP contribution in [0.3, 0.4) is 0 Å². The SMILES string of the molecule is O=C(CCCC[P+](c1ccccc1)(c1ccccc1)c1ccccc1)Oc1ccc(NC(=O)c2ccccc2)cc1. The minimum atomic E-state index is -1.91. The zero-order valence-corrected chi connectivity index (χ0v) is 23.8. The van der Waals surface area contributed by atoms with Crippen molar-refractivity contribution in [1.82, 2.24) is 0 Å². The van der Waals surface area contributed by atoms with E-state index in [1.807, 2.05) is 18.2 Å². The molecule has 41 heavy (non-hydrogen) atoms. The Bertz CT molecular complexity index is 1440. The van der Waals surface area contributed by atoms with Gasteiger partial charge in [0.15, 0.2) is 0 Å². The number of anilines is 1. The summed E-state index contributed by atoms with van der Waals surface area (Å²) in [5.74, 6) is 0.0253. The predicted molar refractivity (Wildman–Crippen MR) is 170 cm³/mol. The maximum atomic E-state index is 12.7. The second-order valence-corrected chi connectivity index (χ2v) is 13.4. The molecule has 4 nitrogen and oxygen atoms in total. The Hall–Kier alpha value is -4.53. The smallest absolute Gasteiger partial charge is 0.311 e. The summed E-state index contributed by atoms with van der Waals surface area (Å²) in [6, 6.07) is 48.3. The van der Waals surface area contributed by atoms with E-state index in [1.54, 1.807) is 36.4 Å². The predicted octanol–water partition coefficient (Wildman–Crippen LogP) is 7.01. The van der Waals surface area contributed by atoms with Crippen molar-refractivity contribution >= 4 is 40.7 Å². The van der Waals surface area contributed by atoms with Crippen LogP contribution in [0.1, 0.15) is 29.6 Å². The average Bonchev–Trinajstić information content (AvgIpc) is 3.04. The largest absolute Gasteiger partial charge is 0.427 e. The molecular formula is C36H33NO3P+. The van der Waals surface area contributed by atoms with Crippen LogP contribution in [0.5, 0.6) is 5.75 Å². The van der Waals surface area contributed by atoms with Crippen molar-refractivity contribution in [2.24, 2.45) is 0 Å². The van der Waals surface area contributed by atoms with Crippen molar-refractivity contribution in [2.45, 2.75) is 19.3 Å². The van der Waals surface area contributed by atoms with E-state index in [4.69, 9.17) is 4.74 Å². The third-order valence-corrected chi connectivity index (χ3v) is 11.6. The molecule has 1 amide bonds. The number of rotatable bonds is 11. The Labute approximate surface area is 242 Å². The lowest BCUT2D eigenvalue weighted by atomic mass is 10.2. The van der Waals surface area contributed by atoms with Crippen molar-refractivity contribution in [3.8, 4) is 5.75 Å². The van der Waals surface area contributed by atoms with Gasteiger partial charge in [0.2, 0.25) is 0 Å². The highest BCUT2D eigenvalue weighted by molar-refractivity contribution is 7.95. The quantitative estimate of drug-likeness (QED) is 0.0821. The van der Waals surface area contributed by atoms with Gasteiger partial charge in [0.25, 0.3) is 5.91 Å². The molecule has 0 aliphatic rings. The molecule has 0 fully saturated rings. The van der Waals surface area contributed by atoms with E-state index in [0.29, 0.717) is 23.4 Å². The topological polar surface area (TPSA) is 55.4 Å². The molecule has 5 rings (SSSR count). The maximum absolute atomic E-state index is 12.7. The van der Waals surface area contributed by atoms with E-state index in [0.717, 1.165) is 19.0 Å². The van der Waals surface area contributed by atoms with Gasteiger partial charge < -0.3 is 10.1 Å². The van der Waals surface area contributed by atoms with E-state index in [-0.39, 0.29) is 11.9 Å². The van der Waals surface area contributed by atoms with E-state index in [9.17, 15) is 9.59 Å². The highest BCUT2D eigenvalue weighted by atomic mass is 31.2. The van der Waals surface area contributed by atoms with Crippen molar-refractivity contribution in [3.05, 3.63) is 151 Å². The fourth-order valence-corrected chi connectivity index (χ4v) is 9.49. The molecule has 0 bridgehead atoms. The van der Waals surface area contributed by atoms with Crippen molar-refractivity contribution in [3.63, 3.8) is 0 Å². The van der Waals surface area contributed by atoms with Crippen LogP contribution >= 0.6 is 7.26 Å². The standard InChI is InChI=1S/C36H32NO3P/c38-35(40-31-26-24-30(25-27-31)37-36(39)29-15-5-1-6-16-29)23-13-14-28-41(32-17-7-2-8-18-32,33-19-9-3-10-20-33)34-21-11-4-12-22-34/h1-12,15-22,24-27H,13-14,23,28H2/p+1. The third-order valence-electron chi connectivity index (χ3n) is 7.10. The Morgan fingerprint density at radius 1 is 0.561 bits per heavy atom. The second kappa shape index (κ2) is 13.7. The van der Waals surface area contributed by atoms with Gasteiger partial charge >= 0.3 is 5.97 Å². The molecule has 0 saturated heterocycles. The average molecular weight is 559 g/mol. The molecule has 0 saturated carbocycles. The number of ether oxygens (including phenoxy) is 1. The number of carbonyl (C=O) groups is 2. The Kier molecular flexibility index (Phi) is 9.36. The molecule has 1 N–H and O–H groups in total. The molecule has 0 heterocycles. The molecule has 0 radical (unpaired) electrons. The summed E-state index contributed by atoms with van der Waals surface area (Å²) >= 11 is 0. The summed E-state index contributed by atoms with van der Waals surface area (Å²) in [5.41, 5.74) is 1.22. The van der Waals surface area contributed by atoms with E-state index in [1.165, 1.54) is 15.9 Å². The molecular weight excluding hydrogens is 525 g/mol. The molecule has 0 aromatic heterocycles. The van der Waals surface area contributed by atoms with Gasteiger partial charge in [-0.2, -0.15) is 0 Å². The first kappa shape index (κ1) is 28.0. The van der Waals surface area contributed by atoms with Crippen LogP contribution in [0.2, 0.25) is 0 Å². The van der Waals surface area contributed by atoms with Gasteiger partial charge in [0.05, 0.1) is 6.16 Å². The number of unbranched alkanes of at least 4 members (excludes halogenated alkanes) is 1. The molecule has 0 spiro atoms. The monoisotopic (exact) mass is 558 g/mol. The van der Waals surface area contributed by atoms with Gasteiger partial charge in [0, 0.05) is 17.7 Å². The lowest BCUT2D eigenvalue weighted by Crippen LogP contribution is -2.33. The van der Waals surface area contributed by atoms with Crippen molar-refractivity contribution in [2.75, 3.05) is 11.5 Å². The van der Waals surface area contributed by atoms with Gasteiger partial charge in [-0.25, -0.2) is 0 Å². The Morgan fingerprint density at radius 2 is 1.02 bits per heavy atom. The zero-order valence-electron chi connectivity index (χ0n) is 22.9. The normalized spacial score (nSPS) is 11.0. The maximum Gasteiger partial charge on any atom is 0.311 e. The molecule has 0 aliphatic carbocycles. The molecule has 5 aromatic carbocycles. The van der Waals surface area contributed by atoms with Crippen LogP contribution < -0.4 is 26.0 Å². The minimum Gasteiger partial charge on any atom is -0.427 e. The number of hydrogen-bond donors (Lipinski definition) is 1. The summed E-state index contributed by atoms with van der Waals surface area (Å²) in [6.07, 6.45) is 2.93. The lowest BCUT2D eigenvalue weighted by molar-refractivity contribution is -0.134. The van der Waals surface area contributed by atoms with Gasteiger partial charge in [-0.15, -0.1) is 0 Å². The molecule has 5 aromatic rings. The number of benzene rings is 5. The number of carbonyl (C=O) groups excluding carboxylic acids is 2. The summed E-state index contributed by atoms with van der Waals surface area (Å²) in [6.45, 7) is 0. The number of nitrogens with one attached hydrogen (secondary N) is 1. The molecule has 0 atom stereocenters. The van der Waals surface area contributed by atoms with Crippen LogP contribution in [0.15, 0.2) is 146 Å². The molecule has 0 aliphatic heterocycles. The van der Waals surface area contributed by atoms with Gasteiger partial charge in [-0.1, -0.05) is 72.8 Å². The summed E-state index contributed by atoms with van der Waals surface area (Å²) in [7, 11) is -1.91. The molecule has 204 valence electrons. The van der Waals surface area contributed by atoms with Crippen molar-refractivity contribution in [1.29, 1.82) is 0 Å². The van der Waals surface area contributed by atoms with Gasteiger partial charge in [0.1, 0.15) is 28.9 Å². The van der Waals surface area contributed by atoms with E-state index in [2.05, 4.69) is 96.3 Å². The highest BCUT2D eigenvalue weighted by Crippen LogP contribution is 2.55. The van der Waals surface area contributed by atoms with Crippen molar-refractivity contribution < 1.29 is 14.3 Å². The first-order chi connectivity index (χ1) is 20.1. The Morgan fingerprint density at radius 3 is 1.51 bits per heavy atom. The van der Waals surface area contributed by atoms with Gasteiger partial charge in [-0.05, 0) is 85.6 Å². The minimum absolute atomic E-state index is 0.184. The highest BCUT2D eigenvalue weighted by Gasteiger charge is 2.44. The van der Waals surface area contributed by atoms with E-state index >= 15 is 0 Å². The Balaban J connectivity index is 1.22. The summed E-state index contributed by atoms with van der Waals surface area (Å²) in [5, 5.41) is 6.90. The number of esters is 1. The zero-order chi connectivity index (χ0) is 28.3. The van der Waals surface area contributed by atoms with Crippen LogP contribution in [0.4, 0.5) is 5.69 Å². The number of hydrogen-bond acceptors (Lipinski definition) is 3. The summed E-state index contributed by atoms with van der Waals surface area (Å²) < 4.78 is 5.60. The fraction of sp³-hybridized carbons (Fsp3) is 0.111. The van der Waals surface area contributed by atoms with Crippen LogP contribution in [-0.4, -0.2) is 18.0 Å². The number of amides is 1.